The molecule has 0 fully saturated rings. The highest BCUT2D eigenvalue weighted by molar-refractivity contribution is 7.11. The van der Waals surface area contributed by atoms with E-state index in [-0.39, 0.29) is 0 Å². The smallest absolute Gasteiger partial charge is 0.126 e. The number of rotatable bonds is 3. The van der Waals surface area contributed by atoms with Crippen molar-refractivity contribution in [1.82, 2.24) is 9.97 Å². The van der Waals surface area contributed by atoms with E-state index in [0.29, 0.717) is 0 Å². The van der Waals surface area contributed by atoms with Crippen LogP contribution in [-0.2, 0) is 6.54 Å². The summed E-state index contributed by atoms with van der Waals surface area (Å²) in [7, 11) is 0. The van der Waals surface area contributed by atoms with Gasteiger partial charge in [0.1, 0.15) is 10.8 Å². The van der Waals surface area contributed by atoms with E-state index >= 15 is 0 Å². The zero-order valence-electron chi connectivity index (χ0n) is 7.90. The molecule has 3 nitrogen and oxygen atoms in total. The van der Waals surface area contributed by atoms with E-state index in [4.69, 9.17) is 0 Å². The predicted molar refractivity (Wildman–Crippen MR) is 58.4 cm³/mol. The molecular weight excluding hydrogens is 194 g/mol. The molecule has 0 saturated heterocycles. The summed E-state index contributed by atoms with van der Waals surface area (Å²) in [6.07, 6.45) is 3.66. The Hall–Kier alpha value is -1.42. The third-order valence-electron chi connectivity index (χ3n) is 1.75. The maximum Gasteiger partial charge on any atom is 0.126 e. The Kier molecular flexibility index (Phi) is 2.74. The fourth-order valence-electron chi connectivity index (χ4n) is 1.12. The van der Waals surface area contributed by atoms with Gasteiger partial charge >= 0.3 is 0 Å². The summed E-state index contributed by atoms with van der Waals surface area (Å²) in [6.45, 7) is 2.80. The average molecular weight is 205 g/mol. The number of nitrogens with one attached hydrogen (secondary N) is 1. The number of hydrogen-bond acceptors (Lipinski definition) is 4. The van der Waals surface area contributed by atoms with Gasteiger partial charge in [0.25, 0.3) is 0 Å². The van der Waals surface area contributed by atoms with Crippen molar-refractivity contribution >= 4 is 17.2 Å². The molecule has 0 radical (unpaired) electrons. The molecule has 0 aliphatic carbocycles. The highest BCUT2D eigenvalue weighted by Crippen LogP contribution is 2.12. The van der Waals surface area contributed by atoms with Crippen molar-refractivity contribution in [3.05, 3.63) is 40.5 Å². The van der Waals surface area contributed by atoms with Gasteiger partial charge in [0.05, 0.1) is 6.54 Å². The Morgan fingerprint density at radius 3 is 2.93 bits per heavy atom. The van der Waals surface area contributed by atoms with Gasteiger partial charge in [-0.25, -0.2) is 9.97 Å². The predicted octanol–water partition coefficient (Wildman–Crippen LogP) is 2.46. The Labute approximate surface area is 86.8 Å². The molecule has 14 heavy (non-hydrogen) atoms. The van der Waals surface area contributed by atoms with E-state index in [2.05, 4.69) is 22.2 Å². The topological polar surface area (TPSA) is 37.8 Å². The number of hydrogen-bond donors (Lipinski definition) is 1. The van der Waals surface area contributed by atoms with Crippen LogP contribution in [0.1, 0.15) is 9.88 Å². The lowest BCUT2D eigenvalue weighted by atomic mass is 10.4. The van der Waals surface area contributed by atoms with Gasteiger partial charge in [-0.2, -0.15) is 0 Å². The molecule has 0 bridgehead atoms. The van der Waals surface area contributed by atoms with Crippen molar-refractivity contribution in [3.63, 3.8) is 0 Å². The normalized spacial score (nSPS) is 10.1. The van der Waals surface area contributed by atoms with Crippen molar-refractivity contribution < 1.29 is 0 Å². The third-order valence-corrected chi connectivity index (χ3v) is 2.67. The van der Waals surface area contributed by atoms with E-state index in [0.717, 1.165) is 17.4 Å². The molecule has 0 atom stereocenters. The van der Waals surface area contributed by atoms with Crippen LogP contribution < -0.4 is 5.32 Å². The lowest BCUT2D eigenvalue weighted by Gasteiger charge is -2.01. The molecule has 0 saturated carbocycles. The summed E-state index contributed by atoms with van der Waals surface area (Å²) in [6, 6.07) is 5.81. The highest BCUT2D eigenvalue weighted by Gasteiger charge is 1.98. The number of aromatic nitrogens is 2. The van der Waals surface area contributed by atoms with Crippen LogP contribution in [0.3, 0.4) is 0 Å². The van der Waals surface area contributed by atoms with Gasteiger partial charge < -0.3 is 5.32 Å². The third kappa shape index (κ3) is 2.29. The van der Waals surface area contributed by atoms with Crippen LogP contribution in [0.2, 0.25) is 0 Å². The Morgan fingerprint density at radius 2 is 2.29 bits per heavy atom. The van der Waals surface area contributed by atoms with Crippen LogP contribution in [0.25, 0.3) is 0 Å². The van der Waals surface area contributed by atoms with E-state index in [1.54, 1.807) is 17.5 Å². The van der Waals surface area contributed by atoms with Crippen LogP contribution in [0, 0.1) is 6.92 Å². The summed E-state index contributed by atoms with van der Waals surface area (Å²) < 4.78 is 0. The standard InChI is InChI=1S/C10H11N3S/c1-8-6-13-10(14-8)7-12-9-4-2-3-5-11-9/h2-6H,7H2,1H3,(H,11,12). The number of pyridine rings is 1. The van der Waals surface area contributed by atoms with Crippen LogP contribution in [0.5, 0.6) is 0 Å². The van der Waals surface area contributed by atoms with E-state index in [1.807, 2.05) is 24.4 Å². The zero-order chi connectivity index (χ0) is 9.80. The second-order valence-corrected chi connectivity index (χ2v) is 4.25. The fourth-order valence-corrected chi connectivity index (χ4v) is 1.84. The average Bonchev–Trinajstić information content (AvgIpc) is 2.63. The maximum atomic E-state index is 4.26. The van der Waals surface area contributed by atoms with Crippen LogP contribution in [-0.4, -0.2) is 9.97 Å². The first-order valence-corrected chi connectivity index (χ1v) is 5.22. The van der Waals surface area contributed by atoms with Crippen molar-refractivity contribution in [2.75, 3.05) is 5.32 Å². The molecule has 0 aliphatic heterocycles. The number of anilines is 1. The first-order valence-electron chi connectivity index (χ1n) is 4.41. The highest BCUT2D eigenvalue weighted by atomic mass is 32.1. The molecule has 2 aromatic rings. The molecule has 0 spiro atoms. The number of thiazole rings is 1. The molecule has 2 rings (SSSR count). The monoisotopic (exact) mass is 205 g/mol. The second kappa shape index (κ2) is 4.19. The van der Waals surface area contributed by atoms with Gasteiger partial charge in [-0.05, 0) is 19.1 Å². The van der Waals surface area contributed by atoms with Gasteiger partial charge in [0, 0.05) is 17.3 Å². The van der Waals surface area contributed by atoms with Crippen molar-refractivity contribution in [2.45, 2.75) is 13.5 Å². The molecule has 0 aliphatic rings. The van der Waals surface area contributed by atoms with Crippen molar-refractivity contribution in [3.8, 4) is 0 Å². The molecule has 2 heterocycles. The van der Waals surface area contributed by atoms with Crippen LogP contribution >= 0.6 is 11.3 Å². The molecule has 2 aromatic heterocycles. The van der Waals surface area contributed by atoms with Gasteiger partial charge in [0.15, 0.2) is 0 Å². The minimum atomic E-state index is 0.746. The molecule has 4 heteroatoms. The number of aryl methyl sites for hydroxylation is 1. The molecule has 72 valence electrons. The van der Waals surface area contributed by atoms with Gasteiger partial charge in [-0.1, -0.05) is 6.07 Å². The Morgan fingerprint density at radius 1 is 1.36 bits per heavy atom. The van der Waals surface area contributed by atoms with E-state index in [9.17, 15) is 0 Å². The summed E-state index contributed by atoms with van der Waals surface area (Å²) in [5.74, 6) is 0.889. The SMILES string of the molecule is Cc1cnc(CNc2ccccn2)s1. The molecular formula is C10H11N3S. The fraction of sp³-hybridized carbons (Fsp3) is 0.200. The minimum absolute atomic E-state index is 0.746. The Balaban J connectivity index is 1.95. The lowest BCUT2D eigenvalue weighted by molar-refractivity contribution is 1.08. The first-order chi connectivity index (χ1) is 6.84. The Bertz CT molecular complexity index is 397. The quantitative estimate of drug-likeness (QED) is 0.836. The molecule has 1 N–H and O–H groups in total. The summed E-state index contributed by atoms with van der Waals surface area (Å²) in [4.78, 5) is 9.66. The summed E-state index contributed by atoms with van der Waals surface area (Å²) in [5, 5.41) is 4.30. The first kappa shape index (κ1) is 9.15. The van der Waals surface area contributed by atoms with Crippen LogP contribution in [0.4, 0.5) is 5.82 Å². The van der Waals surface area contributed by atoms with E-state index < -0.39 is 0 Å². The molecule has 0 aromatic carbocycles. The van der Waals surface area contributed by atoms with Gasteiger partial charge in [0.2, 0.25) is 0 Å². The van der Waals surface area contributed by atoms with Gasteiger partial charge in [-0.3, -0.25) is 0 Å². The lowest BCUT2D eigenvalue weighted by Crippen LogP contribution is -1.99. The minimum Gasteiger partial charge on any atom is -0.364 e. The van der Waals surface area contributed by atoms with Gasteiger partial charge in [-0.15, -0.1) is 11.3 Å². The maximum absolute atomic E-state index is 4.26. The largest absolute Gasteiger partial charge is 0.364 e. The van der Waals surface area contributed by atoms with E-state index in [1.165, 1.54) is 4.88 Å². The summed E-state index contributed by atoms with van der Waals surface area (Å²) >= 11 is 1.71. The van der Waals surface area contributed by atoms with Crippen molar-refractivity contribution in [2.24, 2.45) is 0 Å². The second-order valence-electron chi connectivity index (χ2n) is 2.93. The molecule has 0 unspecified atom stereocenters. The zero-order valence-corrected chi connectivity index (χ0v) is 8.71. The molecule has 0 amide bonds. The van der Waals surface area contributed by atoms with Crippen molar-refractivity contribution in [1.29, 1.82) is 0 Å². The summed E-state index contributed by atoms with van der Waals surface area (Å²) in [5.41, 5.74) is 0. The van der Waals surface area contributed by atoms with Crippen LogP contribution in [0.15, 0.2) is 30.6 Å². The number of nitrogens with zero attached hydrogens (tertiary/aromatic N) is 2.